The number of anilines is 1. The van der Waals surface area contributed by atoms with Gasteiger partial charge in [-0.05, 0) is 25.7 Å². The summed E-state index contributed by atoms with van der Waals surface area (Å²) in [6.07, 6.45) is 3.63. The van der Waals surface area contributed by atoms with Crippen molar-refractivity contribution in [1.29, 1.82) is 0 Å². The molecule has 1 saturated heterocycles. The number of hydrogen-bond donors (Lipinski definition) is 1. The summed E-state index contributed by atoms with van der Waals surface area (Å²) in [7, 11) is 0. The van der Waals surface area contributed by atoms with Crippen LogP contribution < -0.4 is 10.9 Å². The zero-order valence-corrected chi connectivity index (χ0v) is 14.8. The summed E-state index contributed by atoms with van der Waals surface area (Å²) in [6, 6.07) is -0.170. The van der Waals surface area contributed by atoms with Crippen molar-refractivity contribution in [3.8, 4) is 0 Å². The summed E-state index contributed by atoms with van der Waals surface area (Å²) in [5, 5.41) is 3.15. The second-order valence-corrected chi connectivity index (χ2v) is 6.62. The lowest BCUT2D eigenvalue weighted by Gasteiger charge is -2.20. The highest BCUT2D eigenvalue weighted by Gasteiger charge is 2.32. The van der Waals surface area contributed by atoms with Crippen molar-refractivity contribution in [2.75, 3.05) is 31.7 Å². The fourth-order valence-corrected chi connectivity index (χ4v) is 2.79. The van der Waals surface area contributed by atoms with Gasteiger partial charge in [0.25, 0.3) is 5.56 Å². The van der Waals surface area contributed by atoms with Gasteiger partial charge in [0.05, 0.1) is 32.1 Å². The van der Waals surface area contributed by atoms with Crippen molar-refractivity contribution in [3.63, 3.8) is 0 Å². The Bertz CT molecular complexity index is 676. The Kier molecular flexibility index (Phi) is 5.93. The van der Waals surface area contributed by atoms with Gasteiger partial charge in [-0.3, -0.25) is 14.2 Å². The highest BCUT2D eigenvalue weighted by Crippen LogP contribution is 2.30. The molecule has 1 saturated carbocycles. The number of nitrogens with zero attached hydrogens (tertiary/aromatic N) is 2. The first-order chi connectivity index (χ1) is 12.1. The molecule has 3 rings (SSSR count). The molecule has 2 unspecified atom stereocenters. The molecule has 2 aliphatic rings. The second kappa shape index (κ2) is 8.16. The summed E-state index contributed by atoms with van der Waals surface area (Å²) in [6.45, 7) is 3.30. The van der Waals surface area contributed by atoms with Crippen LogP contribution in [0.4, 0.5) is 5.82 Å². The lowest BCUT2D eigenvalue weighted by Crippen LogP contribution is -2.38. The van der Waals surface area contributed by atoms with Crippen molar-refractivity contribution >= 4 is 23.4 Å². The number of carbonyl (C=O) groups excluding carboxylic acids is 1. The van der Waals surface area contributed by atoms with Gasteiger partial charge in [0.1, 0.15) is 17.8 Å². The molecule has 0 aromatic carbocycles. The van der Waals surface area contributed by atoms with Crippen LogP contribution in [-0.4, -0.2) is 54.1 Å². The van der Waals surface area contributed by atoms with E-state index < -0.39 is 11.5 Å². The number of rotatable bonds is 8. The van der Waals surface area contributed by atoms with E-state index in [1.807, 2.05) is 0 Å². The summed E-state index contributed by atoms with van der Waals surface area (Å²) in [5.74, 6) is 0.236. The molecule has 0 amide bonds. The fourth-order valence-electron chi connectivity index (χ4n) is 2.60. The smallest absolute Gasteiger partial charge is 0.326 e. The summed E-state index contributed by atoms with van der Waals surface area (Å²) < 4.78 is 17.3. The van der Waals surface area contributed by atoms with Crippen molar-refractivity contribution < 1.29 is 19.0 Å². The van der Waals surface area contributed by atoms with Gasteiger partial charge in [0.15, 0.2) is 5.82 Å². The first-order valence-corrected chi connectivity index (χ1v) is 8.83. The predicted molar refractivity (Wildman–Crippen MR) is 90.8 cm³/mol. The van der Waals surface area contributed by atoms with Gasteiger partial charge < -0.3 is 19.5 Å². The van der Waals surface area contributed by atoms with Crippen LogP contribution >= 0.6 is 11.6 Å². The molecular weight excluding hydrogens is 350 g/mol. The zero-order chi connectivity index (χ0) is 17.8. The lowest BCUT2D eigenvalue weighted by atomic mass is 10.2. The molecule has 138 valence electrons. The average Bonchev–Trinajstić information content (AvgIpc) is 3.31. The summed E-state index contributed by atoms with van der Waals surface area (Å²) >= 11 is 6.00. The van der Waals surface area contributed by atoms with Crippen LogP contribution in [0.2, 0.25) is 5.15 Å². The van der Waals surface area contributed by atoms with E-state index in [9.17, 15) is 9.59 Å². The molecule has 25 heavy (non-hydrogen) atoms. The molecule has 8 nitrogen and oxygen atoms in total. The standard InChI is InChI=1S/C16H22ClN3O5/c1-2-24-14(21)6-20-13(17)5-18-15(16(20)22)19-11-8-23-9-12(11)25-7-10-3-4-10/h5,10-12H,2-4,6-9H2,1H3,(H,18,19). The molecule has 1 aromatic rings. The Labute approximate surface area is 150 Å². The van der Waals surface area contributed by atoms with Gasteiger partial charge in [-0.1, -0.05) is 11.6 Å². The Morgan fingerprint density at radius 1 is 1.48 bits per heavy atom. The number of ether oxygens (including phenoxy) is 3. The predicted octanol–water partition coefficient (Wildman–Crippen LogP) is 1.07. The largest absolute Gasteiger partial charge is 0.465 e. The molecule has 1 aromatic heterocycles. The number of halogens is 1. The van der Waals surface area contributed by atoms with Crippen LogP contribution in [0.25, 0.3) is 0 Å². The Balaban J connectivity index is 1.68. The molecule has 0 bridgehead atoms. The van der Waals surface area contributed by atoms with Crippen molar-refractivity contribution in [3.05, 3.63) is 21.7 Å². The number of aromatic nitrogens is 2. The Hall–Kier alpha value is -1.64. The SMILES string of the molecule is CCOC(=O)Cn1c(Cl)cnc(NC2COCC2OCC2CC2)c1=O. The van der Waals surface area contributed by atoms with E-state index in [1.165, 1.54) is 19.0 Å². The number of esters is 1. The molecule has 2 heterocycles. The van der Waals surface area contributed by atoms with E-state index in [0.29, 0.717) is 25.7 Å². The molecule has 0 spiro atoms. The van der Waals surface area contributed by atoms with Gasteiger partial charge in [-0.2, -0.15) is 0 Å². The fraction of sp³-hybridized carbons (Fsp3) is 0.688. The van der Waals surface area contributed by atoms with Gasteiger partial charge in [0, 0.05) is 6.61 Å². The minimum atomic E-state index is -0.529. The maximum Gasteiger partial charge on any atom is 0.326 e. The third kappa shape index (κ3) is 4.71. The van der Waals surface area contributed by atoms with E-state index >= 15 is 0 Å². The molecule has 2 atom stereocenters. The number of carbonyl (C=O) groups is 1. The molecule has 1 aliphatic heterocycles. The molecular formula is C16H22ClN3O5. The highest BCUT2D eigenvalue weighted by atomic mass is 35.5. The van der Waals surface area contributed by atoms with Crippen LogP contribution in [0.1, 0.15) is 19.8 Å². The van der Waals surface area contributed by atoms with Gasteiger partial charge in [0.2, 0.25) is 0 Å². The maximum atomic E-state index is 12.6. The normalized spacial score (nSPS) is 22.8. The molecule has 2 fully saturated rings. The highest BCUT2D eigenvalue weighted by molar-refractivity contribution is 6.29. The minimum absolute atomic E-state index is 0.0767. The van der Waals surface area contributed by atoms with Crippen LogP contribution in [0.3, 0.4) is 0 Å². The van der Waals surface area contributed by atoms with Crippen LogP contribution in [0.15, 0.2) is 11.0 Å². The number of hydrogen-bond acceptors (Lipinski definition) is 7. The van der Waals surface area contributed by atoms with Crippen molar-refractivity contribution in [2.45, 2.75) is 38.5 Å². The minimum Gasteiger partial charge on any atom is -0.465 e. The summed E-state index contributed by atoms with van der Waals surface area (Å²) in [5.41, 5.74) is -0.478. The van der Waals surface area contributed by atoms with Crippen LogP contribution in [0.5, 0.6) is 0 Å². The van der Waals surface area contributed by atoms with Gasteiger partial charge in [-0.15, -0.1) is 0 Å². The zero-order valence-electron chi connectivity index (χ0n) is 14.1. The molecule has 9 heteroatoms. The van der Waals surface area contributed by atoms with Gasteiger partial charge >= 0.3 is 5.97 Å². The lowest BCUT2D eigenvalue weighted by molar-refractivity contribution is -0.143. The monoisotopic (exact) mass is 371 g/mol. The Morgan fingerprint density at radius 3 is 3.00 bits per heavy atom. The molecule has 1 N–H and O–H groups in total. The maximum absolute atomic E-state index is 12.6. The van der Waals surface area contributed by atoms with Gasteiger partial charge in [-0.25, -0.2) is 4.98 Å². The Morgan fingerprint density at radius 2 is 2.28 bits per heavy atom. The summed E-state index contributed by atoms with van der Waals surface area (Å²) in [4.78, 5) is 28.3. The van der Waals surface area contributed by atoms with E-state index in [2.05, 4.69) is 10.3 Å². The van der Waals surface area contributed by atoms with Crippen molar-refractivity contribution in [1.82, 2.24) is 9.55 Å². The van der Waals surface area contributed by atoms with Crippen LogP contribution in [0, 0.1) is 5.92 Å². The van der Waals surface area contributed by atoms with Crippen LogP contribution in [-0.2, 0) is 25.5 Å². The number of nitrogens with one attached hydrogen (secondary N) is 1. The average molecular weight is 372 g/mol. The first-order valence-electron chi connectivity index (χ1n) is 8.45. The van der Waals surface area contributed by atoms with E-state index in [0.717, 1.165) is 4.57 Å². The molecule has 1 aliphatic carbocycles. The quantitative estimate of drug-likeness (QED) is 0.683. The topological polar surface area (TPSA) is 91.7 Å². The van der Waals surface area contributed by atoms with Crippen molar-refractivity contribution in [2.24, 2.45) is 5.92 Å². The third-order valence-corrected chi connectivity index (χ3v) is 4.49. The van der Waals surface area contributed by atoms with E-state index in [4.69, 9.17) is 25.8 Å². The molecule has 0 radical (unpaired) electrons. The first kappa shape index (κ1) is 18.2. The third-order valence-electron chi connectivity index (χ3n) is 4.19. The van der Waals surface area contributed by atoms with E-state index in [-0.39, 0.29) is 36.3 Å². The van der Waals surface area contributed by atoms with E-state index in [1.54, 1.807) is 6.92 Å². The second-order valence-electron chi connectivity index (χ2n) is 6.23.